The van der Waals surface area contributed by atoms with Gasteiger partial charge in [-0.05, 0) is 12.1 Å². The Labute approximate surface area is 138 Å². The van der Waals surface area contributed by atoms with E-state index in [9.17, 15) is 4.79 Å². The fraction of sp³-hybridized carbons (Fsp3) is 0.500. The number of pyridine rings is 1. The lowest BCUT2D eigenvalue weighted by molar-refractivity contribution is 0.102. The van der Waals surface area contributed by atoms with Gasteiger partial charge in [0, 0.05) is 29.8 Å². The monoisotopic (exact) mass is 314 g/mol. The molecule has 0 fully saturated rings. The average molecular weight is 314 g/mol. The second kappa shape index (κ2) is 5.80. The Bertz CT molecular complexity index is 717. The maximum Gasteiger partial charge on any atom is 0.257 e. The average Bonchev–Trinajstić information content (AvgIpc) is 2.81. The van der Waals surface area contributed by atoms with Crippen LogP contribution in [0.3, 0.4) is 0 Å². The van der Waals surface area contributed by atoms with Crippen LogP contribution < -0.4 is 5.32 Å². The van der Waals surface area contributed by atoms with Crippen LogP contribution in [0.5, 0.6) is 0 Å². The number of rotatable bonds is 2. The van der Waals surface area contributed by atoms with Crippen molar-refractivity contribution in [2.75, 3.05) is 5.32 Å². The molecule has 23 heavy (non-hydrogen) atoms. The van der Waals surface area contributed by atoms with Crippen LogP contribution in [0.1, 0.15) is 63.3 Å². The SMILES string of the molecule is Cn1cc(NC(=O)c2ccc(C(C)(C)C)nc2C(C)(C)C)cn1. The van der Waals surface area contributed by atoms with E-state index in [4.69, 9.17) is 4.98 Å². The standard InChI is InChI=1S/C18H26N4O/c1-17(2,3)14-9-8-13(15(21-14)18(4,5)6)16(23)20-12-10-19-22(7)11-12/h8-11H,1-7H3,(H,20,23). The zero-order valence-electron chi connectivity index (χ0n) is 15.1. The van der Waals surface area contributed by atoms with Crippen molar-refractivity contribution in [1.29, 1.82) is 0 Å². The highest BCUT2D eigenvalue weighted by Crippen LogP contribution is 2.28. The molecule has 2 rings (SSSR count). The number of anilines is 1. The van der Waals surface area contributed by atoms with Gasteiger partial charge in [0.2, 0.25) is 0 Å². The number of carbonyl (C=O) groups excluding carboxylic acids is 1. The van der Waals surface area contributed by atoms with E-state index in [1.165, 1.54) is 0 Å². The van der Waals surface area contributed by atoms with Gasteiger partial charge in [-0.3, -0.25) is 14.5 Å². The van der Waals surface area contributed by atoms with Gasteiger partial charge in [0.25, 0.3) is 5.91 Å². The van der Waals surface area contributed by atoms with E-state index in [0.29, 0.717) is 11.3 Å². The van der Waals surface area contributed by atoms with Gasteiger partial charge in [0.05, 0.1) is 23.1 Å². The van der Waals surface area contributed by atoms with Crippen molar-refractivity contribution in [1.82, 2.24) is 14.8 Å². The van der Waals surface area contributed by atoms with Crippen LogP contribution in [0, 0.1) is 0 Å². The highest BCUT2D eigenvalue weighted by molar-refractivity contribution is 6.05. The van der Waals surface area contributed by atoms with Gasteiger partial charge < -0.3 is 5.32 Å². The number of aryl methyl sites for hydroxylation is 1. The summed E-state index contributed by atoms with van der Waals surface area (Å²) >= 11 is 0. The molecule has 2 heterocycles. The number of hydrogen-bond acceptors (Lipinski definition) is 3. The number of nitrogens with zero attached hydrogens (tertiary/aromatic N) is 3. The molecule has 0 radical (unpaired) electrons. The molecule has 0 spiro atoms. The summed E-state index contributed by atoms with van der Waals surface area (Å²) in [5.41, 5.74) is 2.81. The molecule has 0 aromatic carbocycles. The summed E-state index contributed by atoms with van der Waals surface area (Å²) in [5, 5.41) is 6.95. The fourth-order valence-electron chi connectivity index (χ4n) is 2.32. The van der Waals surface area contributed by atoms with E-state index in [2.05, 4.69) is 52.0 Å². The zero-order valence-corrected chi connectivity index (χ0v) is 15.1. The Morgan fingerprint density at radius 1 is 1.09 bits per heavy atom. The highest BCUT2D eigenvalue weighted by atomic mass is 16.1. The molecular formula is C18H26N4O. The van der Waals surface area contributed by atoms with Crippen LogP contribution in [0.15, 0.2) is 24.5 Å². The van der Waals surface area contributed by atoms with E-state index in [1.807, 2.05) is 19.2 Å². The summed E-state index contributed by atoms with van der Waals surface area (Å²) in [6.45, 7) is 12.6. The second-order valence-corrected chi connectivity index (χ2v) is 7.95. The van der Waals surface area contributed by atoms with Crippen LogP contribution in [-0.2, 0) is 17.9 Å². The zero-order chi connectivity index (χ0) is 17.4. The van der Waals surface area contributed by atoms with Gasteiger partial charge in [-0.25, -0.2) is 0 Å². The van der Waals surface area contributed by atoms with Crippen LogP contribution in [0.4, 0.5) is 5.69 Å². The number of carbonyl (C=O) groups is 1. The Balaban J connectivity index is 2.43. The minimum Gasteiger partial charge on any atom is -0.319 e. The highest BCUT2D eigenvalue weighted by Gasteiger charge is 2.26. The van der Waals surface area contributed by atoms with Crippen molar-refractivity contribution in [3.05, 3.63) is 41.5 Å². The number of amides is 1. The topological polar surface area (TPSA) is 59.8 Å². The summed E-state index contributed by atoms with van der Waals surface area (Å²) in [6.07, 6.45) is 3.40. The predicted molar refractivity (Wildman–Crippen MR) is 92.8 cm³/mol. The van der Waals surface area contributed by atoms with Gasteiger partial charge in [-0.2, -0.15) is 5.10 Å². The van der Waals surface area contributed by atoms with Crippen molar-refractivity contribution in [3.8, 4) is 0 Å². The van der Waals surface area contributed by atoms with Gasteiger partial charge in [0.1, 0.15) is 0 Å². The van der Waals surface area contributed by atoms with Crippen molar-refractivity contribution < 1.29 is 4.79 Å². The molecule has 2 aromatic rings. The molecular weight excluding hydrogens is 288 g/mol. The number of nitrogens with one attached hydrogen (secondary N) is 1. The Morgan fingerprint density at radius 2 is 1.74 bits per heavy atom. The van der Waals surface area contributed by atoms with Gasteiger partial charge in [0.15, 0.2) is 0 Å². The quantitative estimate of drug-likeness (QED) is 0.920. The lowest BCUT2D eigenvalue weighted by atomic mass is 9.85. The van der Waals surface area contributed by atoms with Crippen LogP contribution >= 0.6 is 0 Å². The smallest absolute Gasteiger partial charge is 0.257 e. The van der Waals surface area contributed by atoms with Crippen molar-refractivity contribution >= 4 is 11.6 Å². The van der Waals surface area contributed by atoms with Crippen molar-refractivity contribution in [2.24, 2.45) is 7.05 Å². The molecule has 0 aliphatic heterocycles. The van der Waals surface area contributed by atoms with E-state index in [-0.39, 0.29) is 16.7 Å². The molecule has 2 aromatic heterocycles. The lowest BCUT2D eigenvalue weighted by Gasteiger charge is -2.25. The molecule has 0 aliphatic rings. The first-order valence-corrected chi connectivity index (χ1v) is 7.80. The summed E-state index contributed by atoms with van der Waals surface area (Å²) in [7, 11) is 1.82. The molecule has 0 unspecified atom stereocenters. The maximum atomic E-state index is 12.7. The largest absolute Gasteiger partial charge is 0.319 e. The Hall–Kier alpha value is -2.17. The lowest BCUT2D eigenvalue weighted by Crippen LogP contribution is -2.25. The molecule has 1 amide bonds. The molecule has 1 N–H and O–H groups in total. The van der Waals surface area contributed by atoms with Crippen molar-refractivity contribution in [3.63, 3.8) is 0 Å². The van der Waals surface area contributed by atoms with E-state index >= 15 is 0 Å². The molecule has 0 saturated heterocycles. The van der Waals surface area contributed by atoms with Gasteiger partial charge >= 0.3 is 0 Å². The summed E-state index contributed by atoms with van der Waals surface area (Å²) in [6, 6.07) is 3.81. The third kappa shape index (κ3) is 3.97. The van der Waals surface area contributed by atoms with Gasteiger partial charge in [-0.15, -0.1) is 0 Å². The predicted octanol–water partition coefficient (Wildman–Crippen LogP) is 3.66. The van der Waals surface area contributed by atoms with Gasteiger partial charge in [-0.1, -0.05) is 41.5 Å². The molecule has 5 heteroatoms. The minimum absolute atomic E-state index is 0.0572. The van der Waals surface area contributed by atoms with Crippen LogP contribution in [0.2, 0.25) is 0 Å². The number of hydrogen-bond donors (Lipinski definition) is 1. The molecule has 124 valence electrons. The van der Waals surface area contributed by atoms with Crippen molar-refractivity contribution in [2.45, 2.75) is 52.4 Å². The van der Waals surface area contributed by atoms with Crippen LogP contribution in [0.25, 0.3) is 0 Å². The van der Waals surface area contributed by atoms with Crippen LogP contribution in [-0.4, -0.2) is 20.7 Å². The summed E-state index contributed by atoms with van der Waals surface area (Å²) in [5.74, 6) is -0.157. The normalized spacial score (nSPS) is 12.3. The third-order valence-electron chi connectivity index (χ3n) is 3.58. The number of aromatic nitrogens is 3. The third-order valence-corrected chi connectivity index (χ3v) is 3.58. The minimum atomic E-state index is -0.219. The van der Waals surface area contributed by atoms with E-state index < -0.39 is 0 Å². The second-order valence-electron chi connectivity index (χ2n) is 7.95. The molecule has 0 aliphatic carbocycles. The van der Waals surface area contributed by atoms with E-state index in [0.717, 1.165) is 11.4 Å². The Kier molecular flexibility index (Phi) is 4.33. The summed E-state index contributed by atoms with van der Waals surface area (Å²) in [4.78, 5) is 17.5. The molecule has 0 atom stereocenters. The van der Waals surface area contributed by atoms with E-state index in [1.54, 1.807) is 17.1 Å². The Morgan fingerprint density at radius 3 is 2.22 bits per heavy atom. The molecule has 0 saturated carbocycles. The first-order valence-electron chi connectivity index (χ1n) is 7.80. The molecule has 0 bridgehead atoms. The maximum absolute atomic E-state index is 12.7. The summed E-state index contributed by atoms with van der Waals surface area (Å²) < 4.78 is 1.65. The molecule has 5 nitrogen and oxygen atoms in total. The first kappa shape index (κ1) is 17.2. The fourth-order valence-corrected chi connectivity index (χ4v) is 2.32. The first-order chi connectivity index (χ1) is 10.5.